The fraction of sp³-hybridized carbons (Fsp3) is 0.571. The highest BCUT2D eigenvalue weighted by molar-refractivity contribution is 7.15. The van der Waals surface area contributed by atoms with Gasteiger partial charge in [-0.3, -0.25) is 9.20 Å². The normalized spacial score (nSPS) is 19.3. The Labute approximate surface area is 127 Å². The molecule has 1 amide bonds. The number of primary amides is 1. The highest BCUT2D eigenvalue weighted by Crippen LogP contribution is 2.28. The molecule has 1 atom stereocenters. The summed E-state index contributed by atoms with van der Waals surface area (Å²) in [5.41, 5.74) is 6.64. The molecule has 0 bridgehead atoms. The lowest BCUT2D eigenvalue weighted by molar-refractivity contribution is -0.122. The lowest BCUT2D eigenvalue weighted by Crippen LogP contribution is -2.41. The molecule has 3 heterocycles. The highest BCUT2D eigenvalue weighted by Gasteiger charge is 2.27. The van der Waals surface area contributed by atoms with E-state index in [0.717, 1.165) is 43.3 Å². The molecule has 2 aromatic heterocycles. The van der Waals surface area contributed by atoms with Crippen LogP contribution in [0.15, 0.2) is 11.6 Å². The van der Waals surface area contributed by atoms with Crippen LogP contribution in [-0.4, -0.2) is 34.9 Å². The largest absolute Gasteiger partial charge is 0.369 e. The Bertz CT molecular complexity index is 634. The van der Waals surface area contributed by atoms with Crippen molar-refractivity contribution in [2.24, 2.45) is 11.7 Å². The zero-order valence-corrected chi connectivity index (χ0v) is 13.0. The van der Waals surface area contributed by atoms with Crippen molar-refractivity contribution in [3.63, 3.8) is 0 Å². The Balaban J connectivity index is 1.91. The topological polar surface area (TPSA) is 75.7 Å². The lowest BCUT2D eigenvalue weighted by atomic mass is 9.97. The summed E-state index contributed by atoms with van der Waals surface area (Å²) in [4.78, 5) is 19.4. The van der Waals surface area contributed by atoms with E-state index in [1.165, 1.54) is 5.69 Å². The van der Waals surface area contributed by atoms with Gasteiger partial charge in [0.25, 0.3) is 0 Å². The van der Waals surface area contributed by atoms with Gasteiger partial charge in [0.05, 0.1) is 11.6 Å². The molecule has 3 N–H and O–H groups in total. The maximum Gasteiger partial charge on any atom is 0.222 e. The summed E-state index contributed by atoms with van der Waals surface area (Å²) in [5.74, 6) is 0.730. The van der Waals surface area contributed by atoms with Crippen molar-refractivity contribution in [1.82, 2.24) is 14.7 Å². The molecule has 1 saturated heterocycles. The molecule has 1 aliphatic rings. The fourth-order valence-electron chi connectivity index (χ4n) is 2.88. The monoisotopic (exact) mass is 307 g/mol. The van der Waals surface area contributed by atoms with E-state index in [4.69, 9.17) is 10.7 Å². The van der Waals surface area contributed by atoms with E-state index in [1.54, 1.807) is 11.3 Å². The molecule has 2 aromatic rings. The van der Waals surface area contributed by atoms with Gasteiger partial charge in [-0.1, -0.05) is 6.92 Å². The van der Waals surface area contributed by atoms with Gasteiger partial charge in [0, 0.05) is 31.2 Å². The molecule has 0 aliphatic carbocycles. The summed E-state index contributed by atoms with van der Waals surface area (Å²) < 4.78 is 2.14. The van der Waals surface area contributed by atoms with Crippen molar-refractivity contribution in [3.8, 4) is 0 Å². The molecule has 114 valence electrons. The van der Waals surface area contributed by atoms with Gasteiger partial charge in [0.15, 0.2) is 10.8 Å². The zero-order chi connectivity index (χ0) is 14.8. The molecule has 21 heavy (non-hydrogen) atoms. The van der Waals surface area contributed by atoms with Crippen LogP contribution >= 0.6 is 11.3 Å². The molecule has 0 aromatic carbocycles. The minimum Gasteiger partial charge on any atom is -0.369 e. The smallest absolute Gasteiger partial charge is 0.222 e. The third-order valence-electron chi connectivity index (χ3n) is 4.01. The number of nitrogens with two attached hydrogens (primary N) is 1. The van der Waals surface area contributed by atoms with Crippen molar-refractivity contribution in [3.05, 3.63) is 17.3 Å². The maximum atomic E-state index is 11.5. The van der Waals surface area contributed by atoms with E-state index in [1.807, 2.05) is 5.38 Å². The van der Waals surface area contributed by atoms with Crippen LogP contribution in [0.2, 0.25) is 0 Å². The molecule has 1 fully saturated rings. The number of nitrogens with one attached hydrogen (secondary N) is 1. The Morgan fingerprint density at radius 2 is 2.48 bits per heavy atom. The fourth-order valence-corrected chi connectivity index (χ4v) is 3.61. The molecule has 0 spiro atoms. The summed E-state index contributed by atoms with van der Waals surface area (Å²) in [6, 6.07) is 0. The van der Waals surface area contributed by atoms with Gasteiger partial charge in [0.1, 0.15) is 0 Å². The van der Waals surface area contributed by atoms with E-state index < -0.39 is 0 Å². The van der Waals surface area contributed by atoms with Gasteiger partial charge in [-0.05, 0) is 19.4 Å². The van der Waals surface area contributed by atoms with E-state index in [9.17, 15) is 4.79 Å². The third kappa shape index (κ3) is 2.75. The number of hydrogen-bond acceptors (Lipinski definition) is 5. The number of nitrogens with zero attached hydrogens (tertiary/aromatic N) is 3. The number of anilines is 1. The van der Waals surface area contributed by atoms with Crippen molar-refractivity contribution < 1.29 is 4.79 Å². The van der Waals surface area contributed by atoms with Gasteiger partial charge in [0.2, 0.25) is 5.91 Å². The van der Waals surface area contributed by atoms with Crippen LogP contribution in [-0.2, 0) is 11.3 Å². The first kappa shape index (κ1) is 14.3. The average Bonchev–Trinajstić information content (AvgIpc) is 3.06. The predicted octanol–water partition coefficient (Wildman–Crippen LogP) is 1.21. The van der Waals surface area contributed by atoms with Crippen LogP contribution in [0.25, 0.3) is 4.96 Å². The van der Waals surface area contributed by atoms with Gasteiger partial charge >= 0.3 is 0 Å². The standard InChI is InChI=1S/C14H21N5OS/c1-2-16-8-11-13(17-14-19(11)6-7-21-14)18-5-3-4-10(9-18)12(15)20/h6-7,10,16H,2-5,8-9H2,1H3,(H2,15,20). The Hall–Kier alpha value is -1.60. The Kier molecular flexibility index (Phi) is 4.12. The van der Waals surface area contributed by atoms with Gasteiger partial charge in [-0.2, -0.15) is 0 Å². The molecule has 0 radical (unpaired) electrons. The van der Waals surface area contributed by atoms with Crippen LogP contribution in [0.4, 0.5) is 5.82 Å². The molecule has 6 nitrogen and oxygen atoms in total. The van der Waals surface area contributed by atoms with E-state index in [0.29, 0.717) is 6.54 Å². The van der Waals surface area contributed by atoms with Crippen LogP contribution in [0.5, 0.6) is 0 Å². The number of thiazole rings is 1. The summed E-state index contributed by atoms with van der Waals surface area (Å²) in [5, 5.41) is 5.42. The van der Waals surface area contributed by atoms with Gasteiger partial charge < -0.3 is 16.0 Å². The number of imidazole rings is 1. The van der Waals surface area contributed by atoms with Crippen molar-refractivity contribution in [2.45, 2.75) is 26.3 Å². The van der Waals surface area contributed by atoms with Gasteiger partial charge in [-0.25, -0.2) is 4.98 Å². The molecule has 7 heteroatoms. The number of aromatic nitrogens is 2. The van der Waals surface area contributed by atoms with Crippen molar-refractivity contribution in [2.75, 3.05) is 24.5 Å². The minimum absolute atomic E-state index is 0.0644. The molecule has 3 rings (SSSR count). The summed E-state index contributed by atoms with van der Waals surface area (Å²) in [6.07, 6.45) is 3.93. The first-order valence-electron chi connectivity index (χ1n) is 7.40. The zero-order valence-electron chi connectivity index (χ0n) is 12.2. The number of carbonyl (C=O) groups is 1. The predicted molar refractivity (Wildman–Crippen MR) is 84.6 cm³/mol. The molecule has 0 saturated carbocycles. The van der Waals surface area contributed by atoms with E-state index in [2.05, 4.69) is 27.7 Å². The minimum atomic E-state index is -0.200. The number of carbonyl (C=O) groups excluding carboxylic acids is 1. The molecule has 1 unspecified atom stereocenters. The molecular formula is C14H21N5OS. The number of rotatable bonds is 5. The second-order valence-electron chi connectivity index (χ2n) is 5.41. The molecule has 1 aliphatic heterocycles. The van der Waals surface area contributed by atoms with Crippen LogP contribution in [0.3, 0.4) is 0 Å². The summed E-state index contributed by atoms with van der Waals surface area (Å²) >= 11 is 1.63. The Morgan fingerprint density at radius 1 is 1.62 bits per heavy atom. The van der Waals surface area contributed by atoms with E-state index >= 15 is 0 Å². The number of piperidine rings is 1. The molecular weight excluding hydrogens is 286 g/mol. The van der Waals surface area contributed by atoms with Crippen LogP contribution in [0, 0.1) is 5.92 Å². The SMILES string of the molecule is CCNCc1c(N2CCCC(C(N)=O)C2)nc2sccn12. The number of fused-ring (bicyclic) bond motifs is 1. The second-order valence-corrected chi connectivity index (χ2v) is 6.28. The first-order chi connectivity index (χ1) is 10.2. The van der Waals surface area contributed by atoms with Crippen LogP contribution in [0.1, 0.15) is 25.5 Å². The Morgan fingerprint density at radius 3 is 3.24 bits per heavy atom. The average molecular weight is 307 g/mol. The summed E-state index contributed by atoms with van der Waals surface area (Å²) in [7, 11) is 0. The van der Waals surface area contributed by atoms with Crippen molar-refractivity contribution >= 4 is 28.0 Å². The van der Waals surface area contributed by atoms with Crippen molar-refractivity contribution in [1.29, 1.82) is 0 Å². The highest BCUT2D eigenvalue weighted by atomic mass is 32.1. The number of hydrogen-bond donors (Lipinski definition) is 2. The maximum absolute atomic E-state index is 11.5. The quantitative estimate of drug-likeness (QED) is 0.870. The second kappa shape index (κ2) is 6.03. The summed E-state index contributed by atoms with van der Waals surface area (Å²) in [6.45, 7) is 5.41. The lowest BCUT2D eigenvalue weighted by Gasteiger charge is -2.32. The third-order valence-corrected chi connectivity index (χ3v) is 4.76. The van der Waals surface area contributed by atoms with Gasteiger partial charge in [-0.15, -0.1) is 11.3 Å². The number of amides is 1. The first-order valence-corrected chi connectivity index (χ1v) is 8.28. The van der Waals surface area contributed by atoms with E-state index in [-0.39, 0.29) is 11.8 Å². The van der Waals surface area contributed by atoms with Crippen LogP contribution < -0.4 is 16.0 Å².